The normalized spacial score (nSPS) is 22.9. The van der Waals surface area contributed by atoms with Gasteiger partial charge in [-0.25, -0.2) is 0 Å². The molecule has 0 spiro atoms. The molecule has 1 saturated carbocycles. The van der Waals surface area contributed by atoms with Gasteiger partial charge in [-0.1, -0.05) is 37.3 Å². The highest BCUT2D eigenvalue weighted by atomic mass is 35.5. The molecule has 5 heteroatoms. The molecule has 0 heterocycles. The van der Waals surface area contributed by atoms with Crippen LogP contribution in [0.5, 0.6) is 0 Å². The van der Waals surface area contributed by atoms with E-state index in [2.05, 4.69) is 36.5 Å². The minimum absolute atomic E-state index is 0. The summed E-state index contributed by atoms with van der Waals surface area (Å²) in [4.78, 5) is 12.3. The summed E-state index contributed by atoms with van der Waals surface area (Å²) in [5, 5.41) is 3.09. The molecule has 3 N–H and O–H groups in total. The highest BCUT2D eigenvalue weighted by molar-refractivity contribution is 5.85. The van der Waals surface area contributed by atoms with Gasteiger partial charge in [-0.3, -0.25) is 4.79 Å². The number of carbonyl (C=O) groups excluding carboxylic acids is 1. The Kier molecular flexibility index (Phi) is 10.8. The third kappa shape index (κ3) is 7.76. The molecule has 25 heavy (non-hydrogen) atoms. The summed E-state index contributed by atoms with van der Waals surface area (Å²) >= 11 is 0. The van der Waals surface area contributed by atoms with Gasteiger partial charge in [-0.05, 0) is 50.5 Å². The molecule has 1 fully saturated rings. The van der Waals surface area contributed by atoms with Crippen LogP contribution < -0.4 is 11.1 Å². The van der Waals surface area contributed by atoms with E-state index in [1.165, 1.54) is 5.56 Å². The van der Waals surface area contributed by atoms with E-state index >= 15 is 0 Å². The molecule has 0 radical (unpaired) electrons. The number of aryl methyl sites for hydroxylation is 1. The molecule has 1 aromatic rings. The molecule has 1 aliphatic carbocycles. The van der Waals surface area contributed by atoms with Gasteiger partial charge in [-0.2, -0.15) is 0 Å². The standard InChI is InChI=1S/C20H32N2O2.ClH/c1-2-14-24-19-15-17(11-12-18(19)21)20(23)22-13-7-6-10-16-8-4-3-5-9-16;/h3-5,8-9,17-19H,2,6-7,10-15,21H2,1H3,(H,22,23);1H/t17-,18+,19+;/m0./s1. The Morgan fingerprint density at radius 1 is 1.24 bits per heavy atom. The van der Waals surface area contributed by atoms with Gasteiger partial charge in [0.25, 0.3) is 0 Å². The van der Waals surface area contributed by atoms with Gasteiger partial charge in [0.05, 0.1) is 6.10 Å². The molecule has 2 rings (SSSR count). The van der Waals surface area contributed by atoms with Crippen LogP contribution in [0, 0.1) is 5.92 Å². The third-order valence-electron chi connectivity index (χ3n) is 4.78. The summed E-state index contributed by atoms with van der Waals surface area (Å²) in [5.74, 6) is 0.229. The van der Waals surface area contributed by atoms with Crippen LogP contribution in [0.15, 0.2) is 30.3 Å². The van der Waals surface area contributed by atoms with Gasteiger partial charge >= 0.3 is 0 Å². The lowest BCUT2D eigenvalue weighted by Crippen LogP contribution is -2.46. The lowest BCUT2D eigenvalue weighted by Gasteiger charge is -2.33. The highest BCUT2D eigenvalue weighted by Crippen LogP contribution is 2.26. The number of benzene rings is 1. The summed E-state index contributed by atoms with van der Waals surface area (Å²) in [6.07, 6.45) is 6.72. The maximum absolute atomic E-state index is 12.3. The summed E-state index contributed by atoms with van der Waals surface area (Å²) in [5.41, 5.74) is 7.48. The quantitative estimate of drug-likeness (QED) is 0.656. The Balaban J connectivity index is 0.00000312. The number of unbranched alkanes of at least 4 members (excludes halogenated alkanes) is 1. The lowest BCUT2D eigenvalue weighted by molar-refractivity contribution is -0.128. The van der Waals surface area contributed by atoms with Gasteiger partial charge in [0.1, 0.15) is 0 Å². The van der Waals surface area contributed by atoms with E-state index in [0.717, 1.165) is 58.1 Å². The summed E-state index contributed by atoms with van der Waals surface area (Å²) < 4.78 is 5.81. The molecule has 0 saturated heterocycles. The van der Waals surface area contributed by atoms with Gasteiger partial charge in [0.15, 0.2) is 0 Å². The van der Waals surface area contributed by atoms with E-state index in [1.54, 1.807) is 0 Å². The third-order valence-corrected chi connectivity index (χ3v) is 4.78. The zero-order valence-corrected chi connectivity index (χ0v) is 16.1. The van der Waals surface area contributed by atoms with Gasteiger partial charge < -0.3 is 15.8 Å². The largest absolute Gasteiger partial charge is 0.377 e. The number of ether oxygens (including phenoxy) is 1. The Hall–Kier alpha value is -1.10. The summed E-state index contributed by atoms with van der Waals surface area (Å²) in [6, 6.07) is 10.6. The highest BCUT2D eigenvalue weighted by Gasteiger charge is 2.32. The Morgan fingerprint density at radius 2 is 2.00 bits per heavy atom. The number of carbonyl (C=O) groups is 1. The molecule has 0 bridgehead atoms. The summed E-state index contributed by atoms with van der Waals surface area (Å²) in [7, 11) is 0. The monoisotopic (exact) mass is 368 g/mol. The predicted molar refractivity (Wildman–Crippen MR) is 105 cm³/mol. The van der Waals surface area contributed by atoms with Gasteiger partial charge in [-0.15, -0.1) is 12.4 Å². The van der Waals surface area contributed by atoms with Crippen molar-refractivity contribution in [1.29, 1.82) is 0 Å². The first kappa shape index (κ1) is 21.9. The topological polar surface area (TPSA) is 64.3 Å². The molecule has 142 valence electrons. The van der Waals surface area contributed by atoms with Crippen molar-refractivity contribution in [2.75, 3.05) is 13.2 Å². The van der Waals surface area contributed by atoms with Crippen molar-refractivity contribution in [3.8, 4) is 0 Å². The van der Waals surface area contributed by atoms with Crippen molar-refractivity contribution >= 4 is 18.3 Å². The molecule has 1 aromatic carbocycles. The average molecular weight is 369 g/mol. The number of nitrogens with one attached hydrogen (secondary N) is 1. The molecular formula is C20H33ClN2O2. The maximum Gasteiger partial charge on any atom is 0.223 e. The van der Waals surface area contributed by atoms with E-state index in [-0.39, 0.29) is 36.4 Å². The molecule has 3 atom stereocenters. The molecule has 0 aliphatic heterocycles. The zero-order valence-electron chi connectivity index (χ0n) is 15.3. The van der Waals surface area contributed by atoms with Crippen molar-refractivity contribution in [3.05, 3.63) is 35.9 Å². The molecule has 1 amide bonds. The van der Waals surface area contributed by atoms with Crippen LogP contribution in [0.4, 0.5) is 0 Å². The lowest BCUT2D eigenvalue weighted by atomic mass is 9.83. The minimum atomic E-state index is 0. The van der Waals surface area contributed by atoms with Crippen LogP contribution in [0.1, 0.15) is 51.0 Å². The molecule has 0 unspecified atom stereocenters. The van der Waals surface area contributed by atoms with Crippen LogP contribution >= 0.6 is 12.4 Å². The molecular weight excluding hydrogens is 336 g/mol. The summed E-state index contributed by atoms with van der Waals surface area (Å²) in [6.45, 7) is 3.58. The van der Waals surface area contributed by atoms with E-state index in [9.17, 15) is 4.79 Å². The van der Waals surface area contributed by atoms with Crippen molar-refractivity contribution in [3.63, 3.8) is 0 Å². The van der Waals surface area contributed by atoms with Crippen LogP contribution in [-0.2, 0) is 16.0 Å². The zero-order chi connectivity index (χ0) is 17.2. The number of amides is 1. The number of hydrogen-bond donors (Lipinski definition) is 2. The van der Waals surface area contributed by atoms with Crippen LogP contribution in [0.2, 0.25) is 0 Å². The molecule has 1 aliphatic rings. The van der Waals surface area contributed by atoms with Gasteiger partial charge in [0.2, 0.25) is 5.91 Å². The SMILES string of the molecule is CCCO[C@@H]1C[C@@H](C(=O)NCCCCc2ccccc2)CC[C@H]1N.Cl. The first-order valence-corrected chi connectivity index (χ1v) is 9.39. The van der Waals surface area contributed by atoms with Crippen molar-refractivity contribution in [2.45, 2.75) is 64.0 Å². The number of nitrogens with two attached hydrogens (primary N) is 1. The minimum Gasteiger partial charge on any atom is -0.377 e. The van der Waals surface area contributed by atoms with Crippen molar-refractivity contribution in [2.24, 2.45) is 11.7 Å². The van der Waals surface area contributed by atoms with Crippen LogP contribution in [0.3, 0.4) is 0 Å². The van der Waals surface area contributed by atoms with Gasteiger partial charge in [0, 0.05) is 25.1 Å². The van der Waals surface area contributed by atoms with E-state index in [1.807, 2.05) is 6.07 Å². The van der Waals surface area contributed by atoms with Crippen LogP contribution in [-0.4, -0.2) is 31.2 Å². The second-order valence-corrected chi connectivity index (χ2v) is 6.82. The fourth-order valence-corrected chi connectivity index (χ4v) is 3.31. The van der Waals surface area contributed by atoms with Crippen molar-refractivity contribution in [1.82, 2.24) is 5.32 Å². The molecule has 0 aromatic heterocycles. The Labute approximate surface area is 158 Å². The van der Waals surface area contributed by atoms with Crippen molar-refractivity contribution < 1.29 is 9.53 Å². The maximum atomic E-state index is 12.3. The van der Waals surface area contributed by atoms with E-state index < -0.39 is 0 Å². The Bertz CT molecular complexity index is 484. The number of rotatable bonds is 9. The fourth-order valence-electron chi connectivity index (χ4n) is 3.31. The number of hydrogen-bond acceptors (Lipinski definition) is 3. The van der Waals surface area contributed by atoms with Crippen LogP contribution in [0.25, 0.3) is 0 Å². The fraction of sp³-hybridized carbons (Fsp3) is 0.650. The average Bonchev–Trinajstić information content (AvgIpc) is 2.61. The van der Waals surface area contributed by atoms with E-state index in [0.29, 0.717) is 0 Å². The first-order valence-electron chi connectivity index (χ1n) is 9.39. The second kappa shape index (κ2) is 12.3. The smallest absolute Gasteiger partial charge is 0.223 e. The second-order valence-electron chi connectivity index (χ2n) is 6.82. The first-order chi connectivity index (χ1) is 11.7. The number of halogens is 1. The predicted octanol–water partition coefficient (Wildman–Crippen LogP) is 3.47. The van der Waals surface area contributed by atoms with E-state index in [4.69, 9.17) is 10.5 Å². The Morgan fingerprint density at radius 3 is 2.72 bits per heavy atom. The molecule has 4 nitrogen and oxygen atoms in total.